The monoisotopic (exact) mass is 275 g/mol. The van der Waals surface area contributed by atoms with Gasteiger partial charge in [-0.05, 0) is 18.9 Å². The summed E-state index contributed by atoms with van der Waals surface area (Å²) in [4.78, 5) is 13.8. The van der Waals surface area contributed by atoms with Crippen LogP contribution in [-0.2, 0) is 4.74 Å². The maximum atomic E-state index is 12.2. The third-order valence-electron chi connectivity index (χ3n) is 3.73. The van der Waals surface area contributed by atoms with Crippen LogP contribution in [0.1, 0.15) is 24.4 Å². The quantitative estimate of drug-likeness (QED) is 0.829. The smallest absolute Gasteiger partial charge is 0.410 e. The minimum Gasteiger partial charge on any atom is -0.410 e. The third kappa shape index (κ3) is 2.94. The molecular formula is C15H19N2O3. The van der Waals surface area contributed by atoms with E-state index >= 15 is 0 Å². The van der Waals surface area contributed by atoms with Crippen molar-refractivity contribution in [2.75, 3.05) is 32.8 Å². The highest BCUT2D eigenvalue weighted by Gasteiger charge is 2.24. The number of rotatable bonds is 2. The molecule has 1 aromatic rings. The van der Waals surface area contributed by atoms with Crippen LogP contribution in [-0.4, -0.2) is 43.8 Å². The molecule has 0 unspecified atom stereocenters. The van der Waals surface area contributed by atoms with Gasteiger partial charge < -0.3 is 14.4 Å². The number of carbonyl (C=O) groups excluding carboxylic acids is 1. The first-order chi connectivity index (χ1) is 9.84. The van der Waals surface area contributed by atoms with Crippen LogP contribution in [0.5, 0.6) is 5.75 Å². The first-order valence-corrected chi connectivity index (χ1v) is 7.14. The molecule has 0 bridgehead atoms. The van der Waals surface area contributed by atoms with E-state index in [0.717, 1.165) is 24.9 Å². The Balaban J connectivity index is 1.71. The lowest BCUT2D eigenvalue weighted by atomic mass is 10.0. The molecule has 0 saturated carbocycles. The number of ether oxygens (including phenoxy) is 2. The van der Waals surface area contributed by atoms with Crippen molar-refractivity contribution in [3.05, 3.63) is 29.8 Å². The van der Waals surface area contributed by atoms with E-state index in [0.29, 0.717) is 32.1 Å². The molecule has 2 aliphatic rings. The largest absolute Gasteiger partial charge is 0.415 e. The molecule has 2 saturated heterocycles. The highest BCUT2D eigenvalue weighted by atomic mass is 16.6. The Labute approximate surface area is 118 Å². The number of carbonyl (C=O) groups is 1. The van der Waals surface area contributed by atoms with E-state index in [-0.39, 0.29) is 12.1 Å². The van der Waals surface area contributed by atoms with Crippen molar-refractivity contribution in [1.29, 1.82) is 0 Å². The number of hydrogen-bond acceptors (Lipinski definition) is 3. The first kappa shape index (κ1) is 13.4. The molecule has 1 amide bonds. The maximum absolute atomic E-state index is 12.2. The van der Waals surface area contributed by atoms with Gasteiger partial charge in [0.1, 0.15) is 5.75 Å². The van der Waals surface area contributed by atoms with E-state index in [1.165, 1.54) is 0 Å². The van der Waals surface area contributed by atoms with Crippen LogP contribution in [0, 0.1) is 0 Å². The van der Waals surface area contributed by atoms with Gasteiger partial charge in [0.2, 0.25) is 0 Å². The molecule has 0 spiro atoms. The van der Waals surface area contributed by atoms with Crippen molar-refractivity contribution in [3.63, 3.8) is 0 Å². The predicted molar refractivity (Wildman–Crippen MR) is 73.8 cm³/mol. The number of amides is 1. The Morgan fingerprint density at radius 2 is 2.10 bits per heavy atom. The van der Waals surface area contributed by atoms with E-state index < -0.39 is 0 Å². The molecule has 0 aromatic heterocycles. The van der Waals surface area contributed by atoms with Crippen molar-refractivity contribution in [2.45, 2.75) is 18.9 Å². The molecule has 1 aromatic carbocycles. The fraction of sp³-hybridized carbons (Fsp3) is 0.533. The van der Waals surface area contributed by atoms with Gasteiger partial charge in [0.15, 0.2) is 0 Å². The lowest BCUT2D eigenvalue weighted by Gasteiger charge is -2.26. The summed E-state index contributed by atoms with van der Waals surface area (Å²) >= 11 is 0. The normalized spacial score (nSPS) is 22.8. The topological polar surface area (TPSA) is 52.9 Å². The summed E-state index contributed by atoms with van der Waals surface area (Å²) in [6.45, 7) is 3.24. The zero-order chi connectivity index (χ0) is 13.8. The molecule has 5 nitrogen and oxygen atoms in total. The predicted octanol–water partition coefficient (Wildman–Crippen LogP) is 1.96. The van der Waals surface area contributed by atoms with Crippen LogP contribution >= 0.6 is 0 Å². The molecule has 1 radical (unpaired) electrons. The highest BCUT2D eigenvalue weighted by molar-refractivity contribution is 5.71. The minimum atomic E-state index is -0.293. The van der Waals surface area contributed by atoms with Gasteiger partial charge in [0.05, 0.1) is 19.3 Å². The molecule has 2 fully saturated rings. The van der Waals surface area contributed by atoms with Crippen LogP contribution in [0.4, 0.5) is 4.79 Å². The number of para-hydroxylation sites is 1. The summed E-state index contributed by atoms with van der Waals surface area (Å²) in [5.41, 5.74) is 1.02. The highest BCUT2D eigenvalue weighted by Crippen LogP contribution is 2.32. The van der Waals surface area contributed by atoms with Crippen molar-refractivity contribution in [2.24, 2.45) is 0 Å². The second-order valence-electron chi connectivity index (χ2n) is 5.07. The molecule has 3 rings (SSSR count). The van der Waals surface area contributed by atoms with Crippen LogP contribution in [0.15, 0.2) is 24.3 Å². The van der Waals surface area contributed by atoms with E-state index in [1.54, 1.807) is 4.90 Å². The summed E-state index contributed by atoms with van der Waals surface area (Å²) in [6.07, 6.45) is 1.85. The average molecular weight is 275 g/mol. The van der Waals surface area contributed by atoms with Crippen molar-refractivity contribution < 1.29 is 14.3 Å². The van der Waals surface area contributed by atoms with Gasteiger partial charge in [-0.25, -0.2) is 10.1 Å². The molecule has 2 aliphatic heterocycles. The first-order valence-electron chi connectivity index (χ1n) is 7.14. The molecule has 107 valence electrons. The zero-order valence-corrected chi connectivity index (χ0v) is 11.5. The Hall–Kier alpha value is -1.59. The second-order valence-corrected chi connectivity index (χ2v) is 5.07. The Bertz CT molecular complexity index is 466. The molecule has 20 heavy (non-hydrogen) atoms. The fourth-order valence-electron chi connectivity index (χ4n) is 2.63. The van der Waals surface area contributed by atoms with E-state index in [9.17, 15) is 4.79 Å². The second kappa shape index (κ2) is 6.24. The van der Waals surface area contributed by atoms with E-state index in [2.05, 4.69) is 5.32 Å². The SMILES string of the molecule is O=C(Oc1ccccc1[C@H]1CCC[N]1)N1CCOCC1. The third-order valence-corrected chi connectivity index (χ3v) is 3.73. The number of hydrogen-bond donors (Lipinski definition) is 0. The molecule has 0 aliphatic carbocycles. The lowest BCUT2D eigenvalue weighted by Crippen LogP contribution is -2.42. The summed E-state index contributed by atoms with van der Waals surface area (Å²) in [5.74, 6) is 0.639. The van der Waals surface area contributed by atoms with Crippen molar-refractivity contribution >= 4 is 6.09 Å². The Kier molecular flexibility index (Phi) is 4.18. The molecule has 5 heteroatoms. The van der Waals surface area contributed by atoms with Gasteiger partial charge in [0.25, 0.3) is 0 Å². The van der Waals surface area contributed by atoms with Crippen molar-refractivity contribution in [1.82, 2.24) is 10.2 Å². The lowest BCUT2D eigenvalue weighted by molar-refractivity contribution is 0.0414. The minimum absolute atomic E-state index is 0.170. The Morgan fingerprint density at radius 1 is 1.30 bits per heavy atom. The molecule has 2 heterocycles. The molecule has 1 atom stereocenters. The van der Waals surface area contributed by atoms with Gasteiger partial charge in [-0.3, -0.25) is 0 Å². The van der Waals surface area contributed by atoms with Gasteiger partial charge in [0, 0.05) is 25.2 Å². The van der Waals surface area contributed by atoms with Crippen LogP contribution < -0.4 is 10.1 Å². The maximum Gasteiger partial charge on any atom is 0.415 e. The molecular weight excluding hydrogens is 256 g/mol. The fourth-order valence-corrected chi connectivity index (χ4v) is 2.63. The summed E-state index contributed by atoms with van der Waals surface area (Å²) in [6, 6.07) is 7.88. The van der Waals surface area contributed by atoms with Crippen LogP contribution in [0.2, 0.25) is 0 Å². The van der Waals surface area contributed by atoms with Gasteiger partial charge in [-0.2, -0.15) is 0 Å². The number of morpholine rings is 1. The molecule has 0 N–H and O–H groups in total. The standard InChI is InChI=1S/C15H19N2O3/c18-15(17-8-10-19-11-9-17)20-14-6-2-1-4-12(14)13-5-3-7-16-13/h1-2,4,6,13H,3,5,7-11H2/t13-/m1/s1. The average Bonchev–Trinajstić information content (AvgIpc) is 3.03. The van der Waals surface area contributed by atoms with Gasteiger partial charge >= 0.3 is 6.09 Å². The Morgan fingerprint density at radius 3 is 2.85 bits per heavy atom. The van der Waals surface area contributed by atoms with Crippen LogP contribution in [0.25, 0.3) is 0 Å². The summed E-state index contributed by atoms with van der Waals surface area (Å²) < 4.78 is 10.8. The van der Waals surface area contributed by atoms with Gasteiger partial charge in [-0.15, -0.1) is 0 Å². The van der Waals surface area contributed by atoms with Crippen LogP contribution in [0.3, 0.4) is 0 Å². The number of nitrogens with zero attached hydrogens (tertiary/aromatic N) is 2. The summed E-state index contributed by atoms with van der Waals surface area (Å²) in [5, 5.41) is 4.56. The van der Waals surface area contributed by atoms with Gasteiger partial charge in [-0.1, -0.05) is 18.2 Å². The summed E-state index contributed by atoms with van der Waals surface area (Å²) in [7, 11) is 0. The van der Waals surface area contributed by atoms with E-state index in [1.807, 2.05) is 24.3 Å². The van der Waals surface area contributed by atoms with E-state index in [4.69, 9.17) is 9.47 Å². The zero-order valence-electron chi connectivity index (χ0n) is 11.5. The van der Waals surface area contributed by atoms with Crippen molar-refractivity contribution in [3.8, 4) is 5.75 Å². The number of benzene rings is 1.